The molecule has 0 radical (unpaired) electrons. The van der Waals surface area contributed by atoms with E-state index in [0.717, 1.165) is 15.0 Å². The number of carbonyl (C=O) groups is 1. The molecule has 1 heterocycles. The van der Waals surface area contributed by atoms with Gasteiger partial charge in [0.15, 0.2) is 5.13 Å². The van der Waals surface area contributed by atoms with Gasteiger partial charge in [0, 0.05) is 12.1 Å². The Labute approximate surface area is 124 Å². The minimum atomic E-state index is -0.0359. The highest BCUT2D eigenvalue weighted by molar-refractivity contribution is 9.11. The Hall–Kier alpha value is -1.40. The summed E-state index contributed by atoms with van der Waals surface area (Å²) < 4.78 is 0.898. The summed E-state index contributed by atoms with van der Waals surface area (Å²) in [5, 5.41) is 3.40. The summed E-state index contributed by atoms with van der Waals surface area (Å²) in [7, 11) is 0. The van der Waals surface area contributed by atoms with Crippen LogP contribution in [0.4, 0.5) is 10.8 Å². The van der Waals surface area contributed by atoms with Crippen LogP contribution in [0.2, 0.25) is 0 Å². The molecule has 1 amide bonds. The first-order chi connectivity index (χ1) is 9.04. The van der Waals surface area contributed by atoms with Gasteiger partial charge in [0.25, 0.3) is 0 Å². The molecule has 0 bridgehead atoms. The van der Waals surface area contributed by atoms with Gasteiger partial charge in [-0.2, -0.15) is 0 Å². The Morgan fingerprint density at radius 2 is 2.16 bits per heavy atom. The number of nitrogens with two attached hydrogens (primary N) is 1. The molecule has 0 saturated heterocycles. The number of nitrogens with one attached hydrogen (secondary N) is 1. The summed E-state index contributed by atoms with van der Waals surface area (Å²) in [6, 6.07) is 7.60. The molecular formula is C13H14BrN3OS. The van der Waals surface area contributed by atoms with E-state index in [2.05, 4.69) is 26.2 Å². The minimum Gasteiger partial charge on any atom is -0.399 e. The first-order valence-corrected chi connectivity index (χ1v) is 7.42. The second-order valence-electron chi connectivity index (χ2n) is 4.29. The molecule has 2 rings (SSSR count). The van der Waals surface area contributed by atoms with Crippen LogP contribution in [-0.2, 0) is 4.79 Å². The van der Waals surface area contributed by atoms with Gasteiger partial charge in [0.2, 0.25) is 5.91 Å². The van der Waals surface area contributed by atoms with Gasteiger partial charge in [0.1, 0.15) is 0 Å². The van der Waals surface area contributed by atoms with E-state index in [-0.39, 0.29) is 11.8 Å². The fraction of sp³-hybridized carbons (Fsp3) is 0.231. The van der Waals surface area contributed by atoms with Gasteiger partial charge in [0.05, 0.1) is 9.98 Å². The average molecular weight is 340 g/mol. The fourth-order valence-corrected chi connectivity index (χ4v) is 2.83. The summed E-state index contributed by atoms with van der Waals surface area (Å²) in [6.07, 6.45) is 2.09. The monoisotopic (exact) mass is 339 g/mol. The molecular weight excluding hydrogens is 326 g/mol. The van der Waals surface area contributed by atoms with E-state index in [1.165, 1.54) is 11.3 Å². The maximum atomic E-state index is 11.9. The zero-order chi connectivity index (χ0) is 13.8. The van der Waals surface area contributed by atoms with E-state index in [1.54, 1.807) is 6.20 Å². The normalized spacial score (nSPS) is 12.1. The van der Waals surface area contributed by atoms with E-state index < -0.39 is 0 Å². The third kappa shape index (κ3) is 4.04. The van der Waals surface area contributed by atoms with E-state index in [9.17, 15) is 4.79 Å². The fourth-order valence-electron chi connectivity index (χ4n) is 1.70. The van der Waals surface area contributed by atoms with Crippen molar-refractivity contribution >= 4 is 44.0 Å². The number of nitrogen functional groups attached to an aromatic ring is 1. The molecule has 0 spiro atoms. The molecule has 0 aliphatic heterocycles. The van der Waals surface area contributed by atoms with Gasteiger partial charge in [-0.25, -0.2) is 4.98 Å². The number of anilines is 2. The zero-order valence-electron chi connectivity index (χ0n) is 10.4. The summed E-state index contributed by atoms with van der Waals surface area (Å²) in [5.74, 6) is 0.107. The third-order valence-corrected chi connectivity index (χ3v) is 4.11. The highest BCUT2D eigenvalue weighted by atomic mass is 79.9. The van der Waals surface area contributed by atoms with Crippen LogP contribution in [0.5, 0.6) is 0 Å². The number of hydrogen-bond donors (Lipinski definition) is 2. The van der Waals surface area contributed by atoms with Gasteiger partial charge < -0.3 is 11.1 Å². The quantitative estimate of drug-likeness (QED) is 0.836. The maximum Gasteiger partial charge on any atom is 0.226 e. The Morgan fingerprint density at radius 3 is 2.74 bits per heavy atom. The highest BCUT2D eigenvalue weighted by Gasteiger charge is 2.12. The Kier molecular flexibility index (Phi) is 4.55. The van der Waals surface area contributed by atoms with Crippen molar-refractivity contribution in [2.24, 2.45) is 0 Å². The van der Waals surface area contributed by atoms with Crippen LogP contribution in [0.3, 0.4) is 0 Å². The van der Waals surface area contributed by atoms with Crippen LogP contribution in [0.1, 0.15) is 24.8 Å². The Bertz CT molecular complexity index is 568. The summed E-state index contributed by atoms with van der Waals surface area (Å²) in [5.41, 5.74) is 7.47. The molecule has 0 saturated carbocycles. The molecule has 2 aromatic rings. The van der Waals surface area contributed by atoms with Gasteiger partial charge in [-0.1, -0.05) is 30.4 Å². The lowest BCUT2D eigenvalue weighted by atomic mass is 9.97. The Balaban J connectivity index is 1.93. The number of halogens is 1. The van der Waals surface area contributed by atoms with Crippen molar-refractivity contribution in [3.05, 3.63) is 39.8 Å². The van der Waals surface area contributed by atoms with Crippen molar-refractivity contribution in [3.8, 4) is 0 Å². The number of hydrogen-bond acceptors (Lipinski definition) is 4. The van der Waals surface area contributed by atoms with E-state index in [4.69, 9.17) is 5.73 Å². The minimum absolute atomic E-state index is 0.0359. The number of rotatable bonds is 4. The first kappa shape index (κ1) is 14.0. The molecule has 4 nitrogen and oxygen atoms in total. The number of nitrogens with zero attached hydrogens (tertiary/aromatic N) is 1. The van der Waals surface area contributed by atoms with E-state index in [1.807, 2.05) is 31.2 Å². The zero-order valence-corrected chi connectivity index (χ0v) is 12.8. The average Bonchev–Trinajstić information content (AvgIpc) is 2.75. The van der Waals surface area contributed by atoms with E-state index >= 15 is 0 Å². The van der Waals surface area contributed by atoms with Gasteiger partial charge in [-0.15, -0.1) is 0 Å². The second-order valence-corrected chi connectivity index (χ2v) is 6.70. The van der Waals surface area contributed by atoms with Crippen molar-refractivity contribution in [2.75, 3.05) is 11.1 Å². The van der Waals surface area contributed by atoms with Crippen LogP contribution in [0.15, 0.2) is 34.2 Å². The van der Waals surface area contributed by atoms with Crippen LogP contribution in [-0.4, -0.2) is 10.9 Å². The number of amides is 1. The van der Waals surface area contributed by atoms with Crippen LogP contribution in [0, 0.1) is 0 Å². The standard InChI is InChI=1S/C13H14BrN3OS/c1-8(9-2-4-10(15)5-3-9)6-12(18)17-13-16-7-11(14)19-13/h2-5,7-8H,6,15H2,1H3,(H,16,17,18). The molecule has 0 aliphatic rings. The number of thiazole rings is 1. The van der Waals surface area contributed by atoms with Gasteiger partial charge >= 0.3 is 0 Å². The van der Waals surface area contributed by atoms with E-state index in [0.29, 0.717) is 11.6 Å². The lowest BCUT2D eigenvalue weighted by Gasteiger charge is -2.11. The summed E-state index contributed by atoms with van der Waals surface area (Å²) >= 11 is 4.71. The molecule has 1 aromatic carbocycles. The molecule has 6 heteroatoms. The smallest absolute Gasteiger partial charge is 0.226 e. The molecule has 0 aliphatic carbocycles. The lowest BCUT2D eigenvalue weighted by molar-refractivity contribution is -0.116. The van der Waals surface area contributed by atoms with Crippen LogP contribution in [0.25, 0.3) is 0 Å². The summed E-state index contributed by atoms with van der Waals surface area (Å²) in [4.78, 5) is 16.0. The van der Waals surface area contributed by atoms with Crippen LogP contribution >= 0.6 is 27.3 Å². The Morgan fingerprint density at radius 1 is 1.47 bits per heavy atom. The maximum absolute atomic E-state index is 11.9. The first-order valence-electron chi connectivity index (χ1n) is 5.81. The molecule has 1 atom stereocenters. The van der Waals surface area contributed by atoms with Crippen molar-refractivity contribution in [2.45, 2.75) is 19.3 Å². The van der Waals surface area contributed by atoms with Gasteiger partial charge in [-0.05, 0) is 39.5 Å². The lowest BCUT2D eigenvalue weighted by Crippen LogP contribution is -2.14. The van der Waals surface area contributed by atoms with Crippen molar-refractivity contribution in [3.63, 3.8) is 0 Å². The second kappa shape index (κ2) is 6.16. The summed E-state index contributed by atoms with van der Waals surface area (Å²) in [6.45, 7) is 2.02. The molecule has 0 fully saturated rings. The third-order valence-electron chi connectivity index (χ3n) is 2.72. The number of benzene rings is 1. The van der Waals surface area contributed by atoms with Crippen molar-refractivity contribution < 1.29 is 4.79 Å². The number of aromatic nitrogens is 1. The largest absolute Gasteiger partial charge is 0.399 e. The molecule has 1 aromatic heterocycles. The molecule has 19 heavy (non-hydrogen) atoms. The van der Waals surface area contributed by atoms with Gasteiger partial charge in [-0.3, -0.25) is 4.79 Å². The van der Waals surface area contributed by atoms with Crippen molar-refractivity contribution in [1.82, 2.24) is 4.98 Å². The predicted molar refractivity (Wildman–Crippen MR) is 82.3 cm³/mol. The SMILES string of the molecule is CC(CC(=O)Nc1ncc(Br)s1)c1ccc(N)cc1. The predicted octanol–water partition coefficient (Wildman–Crippen LogP) is 3.62. The van der Waals surface area contributed by atoms with Crippen molar-refractivity contribution in [1.29, 1.82) is 0 Å². The molecule has 100 valence electrons. The van der Waals surface area contributed by atoms with Crippen LogP contribution < -0.4 is 11.1 Å². The molecule has 1 unspecified atom stereocenters. The highest BCUT2D eigenvalue weighted by Crippen LogP contribution is 2.25. The molecule has 3 N–H and O–H groups in total. The topological polar surface area (TPSA) is 68.0 Å². The number of carbonyl (C=O) groups excluding carboxylic acids is 1.